The minimum Gasteiger partial charge on any atom is -0.477 e. The monoisotopic (exact) mass is 283 g/mol. The second kappa shape index (κ2) is 6.48. The number of carboxylic acids is 1. The fraction of sp³-hybridized carbons (Fsp3) is 0.714. The van der Waals surface area contributed by atoms with Crippen LogP contribution >= 0.6 is 11.3 Å². The lowest BCUT2D eigenvalue weighted by atomic mass is 9.81. The predicted molar refractivity (Wildman–Crippen MR) is 74.8 cm³/mol. The van der Waals surface area contributed by atoms with E-state index >= 15 is 0 Å². The summed E-state index contributed by atoms with van der Waals surface area (Å²) in [6.07, 6.45) is 6.00. The number of hydrogen-bond acceptors (Lipinski definition) is 4. The van der Waals surface area contributed by atoms with E-state index in [0.717, 1.165) is 23.8 Å². The molecule has 0 atom stereocenters. The Labute approximate surface area is 117 Å². The van der Waals surface area contributed by atoms with E-state index in [4.69, 9.17) is 4.74 Å². The third-order valence-electron chi connectivity index (χ3n) is 3.96. The average molecular weight is 283 g/mol. The SMILES string of the molecule is CCC1CCC(c2nc(COC)c(C(=O)O)s2)CC1. The Bertz CT molecular complexity index is 436. The van der Waals surface area contributed by atoms with Crippen molar-refractivity contribution in [3.05, 3.63) is 15.6 Å². The van der Waals surface area contributed by atoms with Crippen LogP contribution in [0.5, 0.6) is 0 Å². The van der Waals surface area contributed by atoms with Gasteiger partial charge in [0.2, 0.25) is 0 Å². The Hall–Kier alpha value is -0.940. The minimum absolute atomic E-state index is 0.280. The van der Waals surface area contributed by atoms with Gasteiger partial charge in [-0.05, 0) is 31.6 Å². The van der Waals surface area contributed by atoms with Crippen molar-refractivity contribution < 1.29 is 14.6 Å². The largest absolute Gasteiger partial charge is 0.477 e. The predicted octanol–water partition coefficient (Wildman–Crippen LogP) is 3.67. The molecule has 1 N–H and O–H groups in total. The lowest BCUT2D eigenvalue weighted by molar-refractivity contribution is 0.0697. The lowest BCUT2D eigenvalue weighted by Crippen LogP contribution is -2.12. The van der Waals surface area contributed by atoms with E-state index in [1.54, 1.807) is 7.11 Å². The fourth-order valence-electron chi connectivity index (χ4n) is 2.76. The highest BCUT2D eigenvalue weighted by Crippen LogP contribution is 2.39. The van der Waals surface area contributed by atoms with Gasteiger partial charge < -0.3 is 9.84 Å². The Morgan fingerprint density at radius 2 is 2.11 bits per heavy atom. The van der Waals surface area contributed by atoms with Crippen molar-refractivity contribution in [1.29, 1.82) is 0 Å². The number of nitrogens with zero attached hydrogens (tertiary/aromatic N) is 1. The van der Waals surface area contributed by atoms with Crippen molar-refractivity contribution in [2.45, 2.75) is 51.6 Å². The molecule has 1 aliphatic carbocycles. The second-order valence-electron chi connectivity index (χ2n) is 5.19. The van der Waals surface area contributed by atoms with Crippen LogP contribution in [0.4, 0.5) is 0 Å². The van der Waals surface area contributed by atoms with Gasteiger partial charge in [-0.2, -0.15) is 0 Å². The van der Waals surface area contributed by atoms with Crippen LogP contribution in [0.1, 0.15) is 65.3 Å². The van der Waals surface area contributed by atoms with Crippen LogP contribution < -0.4 is 0 Å². The van der Waals surface area contributed by atoms with Gasteiger partial charge in [0.15, 0.2) is 0 Å². The molecular weight excluding hydrogens is 262 g/mol. The van der Waals surface area contributed by atoms with Crippen LogP contribution in [-0.2, 0) is 11.3 Å². The number of aromatic carboxylic acids is 1. The molecule has 1 fully saturated rings. The van der Waals surface area contributed by atoms with Gasteiger partial charge in [-0.3, -0.25) is 0 Å². The molecule has 0 spiro atoms. The first kappa shape index (κ1) is 14.5. The normalized spacial score (nSPS) is 23.5. The highest BCUT2D eigenvalue weighted by Gasteiger charge is 2.26. The van der Waals surface area contributed by atoms with E-state index in [1.165, 1.54) is 30.6 Å². The number of ether oxygens (including phenoxy) is 1. The maximum atomic E-state index is 11.2. The van der Waals surface area contributed by atoms with Crippen molar-refractivity contribution in [1.82, 2.24) is 4.98 Å². The average Bonchev–Trinajstić information content (AvgIpc) is 2.83. The van der Waals surface area contributed by atoms with Crippen molar-refractivity contribution in [3.63, 3.8) is 0 Å². The first-order valence-electron chi connectivity index (χ1n) is 6.87. The van der Waals surface area contributed by atoms with Gasteiger partial charge in [-0.15, -0.1) is 11.3 Å². The first-order chi connectivity index (χ1) is 9.15. The molecule has 0 saturated heterocycles. The zero-order valence-electron chi connectivity index (χ0n) is 11.5. The maximum Gasteiger partial charge on any atom is 0.347 e. The van der Waals surface area contributed by atoms with Crippen molar-refractivity contribution in [2.75, 3.05) is 7.11 Å². The molecule has 19 heavy (non-hydrogen) atoms. The van der Waals surface area contributed by atoms with Gasteiger partial charge in [0.1, 0.15) is 4.88 Å². The number of hydrogen-bond donors (Lipinski definition) is 1. The quantitative estimate of drug-likeness (QED) is 0.895. The molecule has 1 aromatic rings. The van der Waals surface area contributed by atoms with Gasteiger partial charge in [-0.25, -0.2) is 9.78 Å². The summed E-state index contributed by atoms with van der Waals surface area (Å²) in [5.74, 6) is 0.392. The molecule has 0 aromatic carbocycles. The van der Waals surface area contributed by atoms with E-state index < -0.39 is 5.97 Å². The van der Waals surface area contributed by atoms with E-state index in [2.05, 4.69) is 11.9 Å². The number of carbonyl (C=O) groups is 1. The first-order valence-corrected chi connectivity index (χ1v) is 7.69. The van der Waals surface area contributed by atoms with Crippen LogP contribution in [-0.4, -0.2) is 23.2 Å². The van der Waals surface area contributed by atoms with E-state index in [-0.39, 0.29) is 6.61 Å². The van der Waals surface area contributed by atoms with Crippen molar-refractivity contribution in [2.24, 2.45) is 5.92 Å². The molecular formula is C14H21NO3S. The van der Waals surface area contributed by atoms with Crippen molar-refractivity contribution >= 4 is 17.3 Å². The molecule has 1 aromatic heterocycles. The molecule has 1 aliphatic rings. The van der Waals surface area contributed by atoms with Crippen LogP contribution in [0, 0.1) is 5.92 Å². The third kappa shape index (κ3) is 3.34. The number of rotatable bonds is 5. The maximum absolute atomic E-state index is 11.2. The molecule has 0 amide bonds. The van der Waals surface area contributed by atoms with Gasteiger partial charge >= 0.3 is 5.97 Å². The Morgan fingerprint density at radius 1 is 1.42 bits per heavy atom. The highest BCUT2D eigenvalue weighted by molar-refractivity contribution is 7.13. The summed E-state index contributed by atoms with van der Waals surface area (Å²) in [5.41, 5.74) is 0.576. The highest BCUT2D eigenvalue weighted by atomic mass is 32.1. The van der Waals surface area contributed by atoms with Gasteiger partial charge in [-0.1, -0.05) is 13.3 Å². The Kier molecular flexibility index (Phi) is 4.93. The topological polar surface area (TPSA) is 59.4 Å². The molecule has 1 saturated carbocycles. The molecule has 0 unspecified atom stereocenters. The van der Waals surface area contributed by atoms with E-state index in [9.17, 15) is 9.90 Å². The smallest absolute Gasteiger partial charge is 0.347 e. The zero-order chi connectivity index (χ0) is 13.8. The summed E-state index contributed by atoms with van der Waals surface area (Å²) < 4.78 is 5.03. The summed E-state index contributed by atoms with van der Waals surface area (Å²) in [6.45, 7) is 2.52. The Balaban J connectivity index is 2.12. The van der Waals surface area contributed by atoms with Gasteiger partial charge in [0.05, 0.1) is 17.3 Å². The minimum atomic E-state index is -0.891. The van der Waals surface area contributed by atoms with Crippen LogP contribution in [0.15, 0.2) is 0 Å². The van der Waals surface area contributed by atoms with Crippen molar-refractivity contribution in [3.8, 4) is 0 Å². The fourth-order valence-corrected chi connectivity index (χ4v) is 3.84. The summed E-state index contributed by atoms with van der Waals surface area (Å²) in [7, 11) is 1.57. The van der Waals surface area contributed by atoms with Gasteiger partial charge in [0.25, 0.3) is 0 Å². The van der Waals surface area contributed by atoms with E-state index in [0.29, 0.717) is 16.5 Å². The number of methoxy groups -OCH3 is 1. The molecule has 5 heteroatoms. The van der Waals surface area contributed by atoms with Crippen LogP contribution in [0.25, 0.3) is 0 Å². The molecule has 0 radical (unpaired) electrons. The number of aromatic nitrogens is 1. The standard InChI is InChI=1S/C14H21NO3S/c1-3-9-4-6-10(7-5-9)13-15-11(8-18-2)12(19-13)14(16)17/h9-10H,3-8H2,1-2H3,(H,16,17). The van der Waals surface area contributed by atoms with E-state index in [1.807, 2.05) is 0 Å². The number of carboxylic acid groups (broad SMARTS) is 1. The molecule has 0 aliphatic heterocycles. The Morgan fingerprint density at radius 3 is 2.63 bits per heavy atom. The summed E-state index contributed by atoms with van der Waals surface area (Å²) in [4.78, 5) is 16.1. The molecule has 0 bridgehead atoms. The summed E-state index contributed by atoms with van der Waals surface area (Å²) in [6, 6.07) is 0. The molecule has 2 rings (SSSR count). The lowest BCUT2D eigenvalue weighted by Gasteiger charge is -2.26. The molecule has 4 nitrogen and oxygen atoms in total. The molecule has 1 heterocycles. The second-order valence-corrected chi connectivity index (χ2v) is 6.22. The van der Waals surface area contributed by atoms with Gasteiger partial charge in [0, 0.05) is 13.0 Å². The third-order valence-corrected chi connectivity index (χ3v) is 5.21. The summed E-state index contributed by atoms with van der Waals surface area (Å²) >= 11 is 1.33. The summed E-state index contributed by atoms with van der Waals surface area (Å²) in [5, 5.41) is 10.2. The van der Waals surface area contributed by atoms with Crippen LogP contribution in [0.3, 0.4) is 0 Å². The number of thiazole rings is 1. The van der Waals surface area contributed by atoms with Crippen LogP contribution in [0.2, 0.25) is 0 Å². The molecule has 106 valence electrons. The zero-order valence-corrected chi connectivity index (χ0v) is 12.3.